The lowest BCUT2D eigenvalue weighted by molar-refractivity contribution is 0.0785. The van der Waals surface area contributed by atoms with Crippen molar-refractivity contribution in [3.05, 3.63) is 89.4 Å². The molecule has 0 aliphatic rings. The summed E-state index contributed by atoms with van der Waals surface area (Å²) < 4.78 is 26.5. The maximum absolute atomic E-state index is 13.1. The number of para-hydroxylation sites is 1. The highest BCUT2D eigenvalue weighted by Gasteiger charge is 2.21. The fraction of sp³-hybridized carbons (Fsp3) is 0.200. The maximum Gasteiger partial charge on any atom is 0.253 e. The highest BCUT2D eigenvalue weighted by molar-refractivity contribution is 7.92. The third-order valence-corrected chi connectivity index (χ3v) is 8.42. The Morgan fingerprint density at radius 1 is 1.03 bits per heavy atom. The third-order valence-electron chi connectivity index (χ3n) is 5.37. The van der Waals surface area contributed by atoms with Crippen molar-refractivity contribution in [2.75, 3.05) is 7.05 Å². The van der Waals surface area contributed by atoms with Crippen molar-refractivity contribution < 1.29 is 13.2 Å². The average Bonchev–Trinajstić information content (AvgIpc) is 3.49. The minimum absolute atomic E-state index is 0.187. The fourth-order valence-corrected chi connectivity index (χ4v) is 5.27. The first kappa shape index (κ1) is 22.9. The van der Waals surface area contributed by atoms with E-state index in [1.165, 1.54) is 12.1 Å². The first-order valence-electron chi connectivity index (χ1n) is 10.5. The van der Waals surface area contributed by atoms with Gasteiger partial charge < -0.3 is 4.90 Å². The van der Waals surface area contributed by atoms with Gasteiger partial charge in [0.05, 0.1) is 20.7 Å². The Morgan fingerprint density at radius 3 is 2.33 bits per heavy atom. The van der Waals surface area contributed by atoms with Gasteiger partial charge in [-0.25, -0.2) is 13.1 Å². The summed E-state index contributed by atoms with van der Waals surface area (Å²) in [6, 6.07) is 20.0. The molecule has 6 nitrogen and oxygen atoms in total. The summed E-state index contributed by atoms with van der Waals surface area (Å²) in [6.45, 7) is 3.65. The average molecular weight is 480 g/mol. The normalized spacial score (nSPS) is 11.6. The van der Waals surface area contributed by atoms with Crippen LogP contribution in [0.3, 0.4) is 0 Å². The topological polar surface area (TPSA) is 72.3 Å². The van der Waals surface area contributed by atoms with E-state index in [2.05, 4.69) is 0 Å². The molecule has 0 radical (unpaired) electrons. The predicted molar refractivity (Wildman–Crippen MR) is 131 cm³/mol. The number of thiophene rings is 1. The van der Waals surface area contributed by atoms with Gasteiger partial charge in [-0.15, -0.1) is 11.3 Å². The Morgan fingerprint density at radius 2 is 1.73 bits per heavy atom. The van der Waals surface area contributed by atoms with E-state index in [4.69, 9.17) is 5.10 Å². The van der Waals surface area contributed by atoms with Crippen LogP contribution in [0.5, 0.6) is 0 Å². The molecule has 33 heavy (non-hydrogen) atoms. The summed E-state index contributed by atoms with van der Waals surface area (Å²) >= 11 is 1.60. The molecule has 4 rings (SSSR count). The van der Waals surface area contributed by atoms with Gasteiger partial charge in [-0.1, -0.05) is 24.3 Å². The molecule has 0 bridgehead atoms. The van der Waals surface area contributed by atoms with Crippen LogP contribution >= 0.6 is 11.3 Å². The van der Waals surface area contributed by atoms with Crippen LogP contribution in [-0.4, -0.2) is 41.3 Å². The van der Waals surface area contributed by atoms with Crippen LogP contribution in [0.2, 0.25) is 0 Å². The molecule has 0 aliphatic carbocycles. The van der Waals surface area contributed by atoms with E-state index in [1.54, 1.807) is 49.3 Å². The SMILES string of the molecule is CC(C)S(=O)(=O)c1ccc(C(=O)N(C)Cc2cn(-c3ccccc3)nc2-c2cccs2)cc1. The number of amides is 1. The molecule has 0 saturated carbocycles. The second kappa shape index (κ2) is 9.33. The van der Waals surface area contributed by atoms with Crippen molar-refractivity contribution >= 4 is 27.1 Å². The maximum atomic E-state index is 13.1. The molecule has 2 aromatic heterocycles. The van der Waals surface area contributed by atoms with E-state index >= 15 is 0 Å². The summed E-state index contributed by atoms with van der Waals surface area (Å²) in [7, 11) is -1.64. The summed E-state index contributed by atoms with van der Waals surface area (Å²) in [6.07, 6.45) is 1.95. The van der Waals surface area contributed by atoms with Crippen LogP contribution in [0.25, 0.3) is 16.3 Å². The lowest BCUT2D eigenvalue weighted by Gasteiger charge is -2.17. The number of hydrogen-bond acceptors (Lipinski definition) is 5. The largest absolute Gasteiger partial charge is 0.337 e. The summed E-state index contributed by atoms with van der Waals surface area (Å²) in [4.78, 5) is 15.9. The van der Waals surface area contributed by atoms with Gasteiger partial charge in [0.2, 0.25) is 0 Å². The van der Waals surface area contributed by atoms with Gasteiger partial charge >= 0.3 is 0 Å². The molecule has 0 aliphatic heterocycles. The highest BCUT2D eigenvalue weighted by atomic mass is 32.2. The molecule has 2 heterocycles. The van der Waals surface area contributed by atoms with E-state index in [1.807, 2.05) is 58.7 Å². The number of carbonyl (C=O) groups is 1. The Kier molecular flexibility index (Phi) is 6.49. The van der Waals surface area contributed by atoms with E-state index in [0.29, 0.717) is 12.1 Å². The molecule has 1 amide bonds. The molecule has 8 heteroatoms. The molecule has 0 N–H and O–H groups in total. The smallest absolute Gasteiger partial charge is 0.253 e. The number of hydrogen-bond donors (Lipinski definition) is 0. The van der Waals surface area contributed by atoms with Crippen LogP contribution in [0.4, 0.5) is 0 Å². The molecule has 0 atom stereocenters. The number of carbonyl (C=O) groups excluding carboxylic acids is 1. The second-order valence-electron chi connectivity index (χ2n) is 8.04. The highest BCUT2D eigenvalue weighted by Crippen LogP contribution is 2.29. The van der Waals surface area contributed by atoms with Crippen molar-refractivity contribution in [2.24, 2.45) is 0 Å². The van der Waals surface area contributed by atoms with Crippen molar-refractivity contribution in [1.82, 2.24) is 14.7 Å². The van der Waals surface area contributed by atoms with E-state index in [9.17, 15) is 13.2 Å². The van der Waals surface area contributed by atoms with Gasteiger partial charge in [0.25, 0.3) is 5.91 Å². The zero-order valence-corrected chi connectivity index (χ0v) is 20.3. The molecule has 0 saturated heterocycles. The Hall–Kier alpha value is -3.23. The predicted octanol–water partition coefficient (Wildman–Crippen LogP) is 5.06. The monoisotopic (exact) mass is 479 g/mol. The van der Waals surface area contributed by atoms with E-state index in [-0.39, 0.29) is 10.8 Å². The van der Waals surface area contributed by atoms with Gasteiger partial charge in [0.1, 0.15) is 5.69 Å². The molecule has 2 aromatic carbocycles. The zero-order valence-electron chi connectivity index (χ0n) is 18.7. The number of aromatic nitrogens is 2. The Labute approximate surface area is 198 Å². The van der Waals surface area contributed by atoms with Crippen LogP contribution in [-0.2, 0) is 16.4 Å². The fourth-order valence-electron chi connectivity index (χ4n) is 3.47. The van der Waals surface area contributed by atoms with Crippen molar-refractivity contribution in [3.8, 4) is 16.3 Å². The second-order valence-corrected chi connectivity index (χ2v) is 11.5. The standard InChI is InChI=1S/C25H25N3O3S2/c1-18(2)33(30,31)22-13-11-19(12-14-22)25(29)27(3)16-20-17-28(21-8-5-4-6-9-21)26-24(20)23-10-7-15-32-23/h4-15,17-18H,16H2,1-3H3. The Balaban J connectivity index is 1.60. The van der Waals surface area contributed by atoms with Crippen molar-refractivity contribution in [1.29, 1.82) is 0 Å². The van der Waals surface area contributed by atoms with Crippen molar-refractivity contribution in [2.45, 2.75) is 30.5 Å². The van der Waals surface area contributed by atoms with Gasteiger partial charge in [-0.05, 0) is 61.7 Å². The minimum atomic E-state index is -3.38. The minimum Gasteiger partial charge on any atom is -0.337 e. The number of rotatable bonds is 7. The first-order valence-corrected chi connectivity index (χ1v) is 13.0. The summed E-state index contributed by atoms with van der Waals surface area (Å²) in [5, 5.41) is 6.27. The van der Waals surface area contributed by atoms with Crippen LogP contribution in [0, 0.1) is 0 Å². The molecule has 170 valence electrons. The zero-order chi connectivity index (χ0) is 23.6. The quantitative estimate of drug-likeness (QED) is 0.372. The van der Waals surface area contributed by atoms with Crippen LogP contribution in [0.1, 0.15) is 29.8 Å². The summed E-state index contributed by atoms with van der Waals surface area (Å²) in [5.41, 5.74) is 3.15. The van der Waals surface area contributed by atoms with Gasteiger partial charge in [-0.2, -0.15) is 5.10 Å². The first-order chi connectivity index (χ1) is 15.8. The molecule has 0 fully saturated rings. The number of benzene rings is 2. The van der Waals surface area contributed by atoms with Gasteiger partial charge in [0, 0.05) is 30.9 Å². The van der Waals surface area contributed by atoms with Crippen LogP contribution in [0.15, 0.2) is 83.2 Å². The lowest BCUT2D eigenvalue weighted by Crippen LogP contribution is -2.26. The molecule has 0 spiro atoms. The lowest BCUT2D eigenvalue weighted by atomic mass is 10.1. The Bertz CT molecular complexity index is 1340. The molecular weight excluding hydrogens is 454 g/mol. The van der Waals surface area contributed by atoms with Crippen LogP contribution < -0.4 is 0 Å². The van der Waals surface area contributed by atoms with Crippen molar-refractivity contribution in [3.63, 3.8) is 0 Å². The van der Waals surface area contributed by atoms with E-state index in [0.717, 1.165) is 21.8 Å². The van der Waals surface area contributed by atoms with Gasteiger partial charge in [0.15, 0.2) is 9.84 Å². The van der Waals surface area contributed by atoms with Gasteiger partial charge in [-0.3, -0.25) is 4.79 Å². The third kappa shape index (κ3) is 4.77. The molecule has 0 unspecified atom stereocenters. The molecular formula is C25H25N3O3S2. The summed E-state index contributed by atoms with van der Waals surface area (Å²) in [5.74, 6) is -0.187. The van der Waals surface area contributed by atoms with E-state index < -0.39 is 15.1 Å². The number of nitrogens with zero attached hydrogens (tertiary/aromatic N) is 3. The molecule has 4 aromatic rings. The number of sulfone groups is 1.